The van der Waals surface area contributed by atoms with Gasteiger partial charge in [-0.25, -0.2) is 0 Å². The van der Waals surface area contributed by atoms with Gasteiger partial charge in [-0.15, -0.1) is 0 Å². The van der Waals surface area contributed by atoms with Crippen LogP contribution in [-0.2, 0) is 9.52 Å². The Hall–Kier alpha value is -2.24. The number of hydrogen-bond acceptors (Lipinski definition) is 3. The Labute approximate surface area is 158 Å². The van der Waals surface area contributed by atoms with Gasteiger partial charge in [0.2, 0.25) is 0 Å². The molecule has 26 heavy (non-hydrogen) atoms. The van der Waals surface area contributed by atoms with E-state index in [9.17, 15) is 9.00 Å². The van der Waals surface area contributed by atoms with Crippen LogP contribution in [0.4, 0.5) is 5.69 Å². The Morgan fingerprint density at radius 1 is 1.27 bits per heavy atom. The SMILES string of the molecule is C=S1(=O)C=Cc2ccc(NC(=O)c3cc(Cl)ccc3OCCCC)cc21. The average Bonchev–Trinajstić information content (AvgIpc) is 2.91. The lowest BCUT2D eigenvalue weighted by molar-refractivity contribution is 0.102. The van der Waals surface area contributed by atoms with Gasteiger partial charge < -0.3 is 10.1 Å². The summed E-state index contributed by atoms with van der Waals surface area (Å²) in [6.45, 7) is 2.61. The van der Waals surface area contributed by atoms with Crippen molar-refractivity contribution in [3.05, 3.63) is 58.0 Å². The molecule has 2 aromatic carbocycles. The quantitative estimate of drug-likeness (QED) is 0.568. The lowest BCUT2D eigenvalue weighted by Gasteiger charge is -2.13. The lowest BCUT2D eigenvalue weighted by Crippen LogP contribution is -2.14. The standard InChI is InChI=1S/C20H20ClNO3S/c1-3-4-10-25-18-8-6-15(21)12-17(18)20(23)22-16-7-5-14-9-11-26(2,24)19(14)13-16/h5-9,11-13H,2-4,10H2,1H3,(H,22,23). The van der Waals surface area contributed by atoms with E-state index >= 15 is 0 Å². The number of halogens is 1. The van der Waals surface area contributed by atoms with Gasteiger partial charge in [-0.2, -0.15) is 0 Å². The number of amides is 1. The Kier molecular flexibility index (Phi) is 5.39. The maximum Gasteiger partial charge on any atom is 0.259 e. The first-order valence-corrected chi connectivity index (χ1v) is 10.5. The monoisotopic (exact) mass is 389 g/mol. The fourth-order valence-electron chi connectivity index (χ4n) is 2.64. The summed E-state index contributed by atoms with van der Waals surface area (Å²) in [5.41, 5.74) is 1.77. The topological polar surface area (TPSA) is 55.4 Å². The first-order chi connectivity index (χ1) is 12.4. The Bertz CT molecular complexity index is 981. The van der Waals surface area contributed by atoms with Crippen molar-refractivity contribution in [2.45, 2.75) is 24.7 Å². The molecular weight excluding hydrogens is 370 g/mol. The summed E-state index contributed by atoms with van der Waals surface area (Å²) in [7, 11) is -2.44. The zero-order valence-corrected chi connectivity index (χ0v) is 16.0. The van der Waals surface area contributed by atoms with Crippen LogP contribution in [0.15, 0.2) is 46.7 Å². The maximum absolute atomic E-state index is 12.7. The minimum atomic E-state index is -2.44. The number of fused-ring (bicyclic) bond motifs is 1. The number of benzene rings is 2. The van der Waals surface area contributed by atoms with Crippen molar-refractivity contribution in [2.75, 3.05) is 11.9 Å². The second kappa shape index (κ2) is 7.56. The van der Waals surface area contributed by atoms with Gasteiger partial charge in [0.05, 0.1) is 12.2 Å². The molecular formula is C20H20ClNO3S. The normalized spacial score (nSPS) is 17.8. The Morgan fingerprint density at radius 3 is 2.85 bits per heavy atom. The summed E-state index contributed by atoms with van der Waals surface area (Å²) < 4.78 is 18.1. The van der Waals surface area contributed by atoms with Crippen LogP contribution in [0.3, 0.4) is 0 Å². The van der Waals surface area contributed by atoms with E-state index < -0.39 is 9.52 Å². The van der Waals surface area contributed by atoms with Gasteiger partial charge in [0, 0.05) is 25.1 Å². The number of nitrogens with one attached hydrogen (secondary N) is 1. The van der Waals surface area contributed by atoms with Gasteiger partial charge in [-0.1, -0.05) is 31.0 Å². The van der Waals surface area contributed by atoms with Crippen LogP contribution in [0.25, 0.3) is 6.08 Å². The minimum absolute atomic E-state index is 0.333. The molecule has 1 aliphatic heterocycles. The Morgan fingerprint density at radius 2 is 2.08 bits per heavy atom. The summed E-state index contributed by atoms with van der Waals surface area (Å²) in [6, 6.07) is 10.3. The lowest BCUT2D eigenvalue weighted by atomic mass is 10.1. The van der Waals surface area contributed by atoms with Gasteiger partial charge in [-0.05, 0) is 59.7 Å². The molecule has 0 bridgehead atoms. The molecule has 2 aromatic rings. The van der Waals surface area contributed by atoms with Crippen molar-refractivity contribution in [3.8, 4) is 5.75 Å². The largest absolute Gasteiger partial charge is 0.493 e. The third-order valence-electron chi connectivity index (χ3n) is 4.05. The predicted molar refractivity (Wildman–Crippen MR) is 109 cm³/mol. The van der Waals surface area contributed by atoms with Crippen LogP contribution in [0.5, 0.6) is 5.75 Å². The molecule has 1 atom stereocenters. The zero-order chi connectivity index (χ0) is 18.7. The van der Waals surface area contributed by atoms with E-state index in [0.29, 0.717) is 33.5 Å². The molecule has 0 saturated heterocycles. The summed E-state index contributed by atoms with van der Waals surface area (Å²) in [6.07, 6.45) is 3.69. The molecule has 0 aliphatic carbocycles. The highest BCUT2D eigenvalue weighted by Gasteiger charge is 2.18. The van der Waals surface area contributed by atoms with E-state index in [1.165, 1.54) is 0 Å². The second-order valence-electron chi connectivity index (χ2n) is 6.08. The van der Waals surface area contributed by atoms with Gasteiger partial charge in [0.15, 0.2) is 0 Å². The van der Waals surface area contributed by atoms with Crippen LogP contribution in [0, 0.1) is 0 Å². The third kappa shape index (κ3) is 3.94. The Balaban J connectivity index is 1.84. The summed E-state index contributed by atoms with van der Waals surface area (Å²) in [5.74, 6) is 3.90. The molecule has 1 heterocycles. The first-order valence-electron chi connectivity index (χ1n) is 8.34. The summed E-state index contributed by atoms with van der Waals surface area (Å²) in [5, 5.41) is 4.88. The van der Waals surface area contributed by atoms with Gasteiger partial charge in [0.1, 0.15) is 5.75 Å². The van der Waals surface area contributed by atoms with Crippen molar-refractivity contribution in [1.82, 2.24) is 0 Å². The molecule has 0 spiro atoms. The smallest absolute Gasteiger partial charge is 0.259 e. The molecule has 6 heteroatoms. The fraction of sp³-hybridized carbons (Fsp3) is 0.200. The van der Waals surface area contributed by atoms with E-state index in [1.54, 1.807) is 41.8 Å². The van der Waals surface area contributed by atoms with E-state index in [2.05, 4.69) is 18.1 Å². The predicted octanol–water partition coefficient (Wildman–Crippen LogP) is 4.83. The van der Waals surface area contributed by atoms with Gasteiger partial charge in [-0.3, -0.25) is 9.00 Å². The van der Waals surface area contributed by atoms with E-state index in [0.717, 1.165) is 18.4 Å². The molecule has 1 aliphatic rings. The fourth-order valence-corrected chi connectivity index (χ4v) is 4.18. The number of rotatable bonds is 6. The highest BCUT2D eigenvalue weighted by molar-refractivity contribution is 8.03. The van der Waals surface area contributed by atoms with Crippen molar-refractivity contribution in [3.63, 3.8) is 0 Å². The number of anilines is 1. The maximum atomic E-state index is 12.7. The van der Waals surface area contributed by atoms with Crippen LogP contribution < -0.4 is 10.1 Å². The molecule has 1 amide bonds. The molecule has 0 radical (unpaired) electrons. The number of unbranched alkanes of at least 4 members (excludes halogenated alkanes) is 1. The number of hydrogen-bond donors (Lipinski definition) is 1. The van der Waals surface area contributed by atoms with E-state index in [-0.39, 0.29) is 5.91 Å². The molecule has 136 valence electrons. The van der Waals surface area contributed by atoms with E-state index in [4.69, 9.17) is 16.3 Å². The molecule has 0 saturated carbocycles. The third-order valence-corrected chi connectivity index (χ3v) is 5.96. The number of ether oxygens (including phenoxy) is 1. The molecule has 0 aromatic heterocycles. The van der Waals surface area contributed by atoms with Crippen molar-refractivity contribution in [2.24, 2.45) is 0 Å². The molecule has 3 rings (SSSR count). The zero-order valence-electron chi connectivity index (χ0n) is 14.5. The van der Waals surface area contributed by atoms with Crippen LogP contribution in [-0.4, -0.2) is 22.6 Å². The van der Waals surface area contributed by atoms with Crippen molar-refractivity contribution < 1.29 is 13.7 Å². The highest BCUT2D eigenvalue weighted by atomic mass is 35.5. The van der Waals surface area contributed by atoms with Gasteiger partial charge in [0.25, 0.3) is 5.91 Å². The minimum Gasteiger partial charge on any atom is -0.493 e. The highest BCUT2D eigenvalue weighted by Crippen LogP contribution is 2.30. The van der Waals surface area contributed by atoms with Crippen molar-refractivity contribution in [1.29, 1.82) is 0 Å². The number of carbonyl (C=O) groups is 1. The molecule has 1 unspecified atom stereocenters. The van der Waals surface area contributed by atoms with Crippen molar-refractivity contribution >= 4 is 44.7 Å². The molecule has 1 N–H and O–H groups in total. The van der Waals surface area contributed by atoms with E-state index in [1.807, 2.05) is 6.07 Å². The van der Waals surface area contributed by atoms with Crippen LogP contribution in [0.1, 0.15) is 35.7 Å². The van der Waals surface area contributed by atoms with Crippen LogP contribution in [0.2, 0.25) is 5.02 Å². The first kappa shape index (κ1) is 18.5. The van der Waals surface area contributed by atoms with Gasteiger partial charge >= 0.3 is 0 Å². The number of carbonyl (C=O) groups excluding carboxylic acids is 1. The summed E-state index contributed by atoms with van der Waals surface area (Å²) in [4.78, 5) is 13.4. The molecule has 0 fully saturated rings. The summed E-state index contributed by atoms with van der Waals surface area (Å²) >= 11 is 6.05. The second-order valence-corrected chi connectivity index (χ2v) is 8.68. The average molecular weight is 390 g/mol. The van der Waals surface area contributed by atoms with Crippen LogP contribution >= 0.6 is 11.6 Å². The molecule has 4 nitrogen and oxygen atoms in total.